The predicted molar refractivity (Wildman–Crippen MR) is 158 cm³/mol. The van der Waals surface area contributed by atoms with Gasteiger partial charge in [0, 0.05) is 5.39 Å². The van der Waals surface area contributed by atoms with Gasteiger partial charge in [0.2, 0.25) is 7.41 Å². The normalized spacial score (nSPS) is 11.3. The average molecular weight is 481 g/mol. The summed E-state index contributed by atoms with van der Waals surface area (Å²) >= 11 is 0. The minimum absolute atomic E-state index is 1.18. The van der Waals surface area contributed by atoms with Gasteiger partial charge in [0.1, 0.15) is 15.9 Å². The molecule has 0 aliphatic heterocycles. The van der Waals surface area contributed by atoms with E-state index in [-0.39, 0.29) is 0 Å². The minimum Gasteiger partial charge on any atom is -0.203 e. The van der Waals surface area contributed by atoms with Crippen LogP contribution in [0.2, 0.25) is 0 Å². The maximum atomic E-state index is 2.61. The standard InChI is InChI=1S/C34H27NP/c1-5-18-29(19-6-1)35(30-20-7-2-8-21-30)36(31-22-9-3-10-23-31,32-24-11-4-12-25-32)34-27-15-17-28-16-13-14-26-33(28)34/h1-27H/q+1. The topological polar surface area (TPSA) is 3.24 Å². The molecule has 0 aromatic heterocycles. The smallest absolute Gasteiger partial charge is 0.203 e. The van der Waals surface area contributed by atoms with Gasteiger partial charge < -0.3 is 0 Å². The van der Waals surface area contributed by atoms with Crippen LogP contribution in [0.15, 0.2) is 164 Å². The highest BCUT2D eigenvalue weighted by Gasteiger charge is 2.53. The Labute approximate surface area is 213 Å². The van der Waals surface area contributed by atoms with Crippen LogP contribution >= 0.6 is 7.41 Å². The summed E-state index contributed by atoms with van der Waals surface area (Å²) in [6.07, 6.45) is 0. The van der Waals surface area contributed by atoms with Crippen LogP contribution in [0.5, 0.6) is 0 Å². The van der Waals surface area contributed by atoms with Crippen LogP contribution in [0.4, 0.5) is 11.4 Å². The molecule has 36 heavy (non-hydrogen) atoms. The average Bonchev–Trinajstić information content (AvgIpc) is 2.97. The van der Waals surface area contributed by atoms with Crippen LogP contribution in [0.25, 0.3) is 10.8 Å². The number of rotatable bonds is 6. The van der Waals surface area contributed by atoms with Gasteiger partial charge in [-0.15, -0.1) is 0 Å². The lowest BCUT2D eigenvalue weighted by molar-refractivity contribution is 1.40. The summed E-state index contributed by atoms with van der Waals surface area (Å²) in [5.74, 6) is 0. The lowest BCUT2D eigenvalue weighted by atomic mass is 10.1. The summed E-state index contributed by atoms with van der Waals surface area (Å²) in [6, 6.07) is 59.4. The Bertz CT molecular complexity index is 1480. The third-order valence-corrected chi connectivity index (χ3v) is 10.9. The molecule has 0 fully saturated rings. The van der Waals surface area contributed by atoms with E-state index in [2.05, 4.69) is 168 Å². The van der Waals surface area contributed by atoms with Crippen molar-refractivity contribution in [2.75, 3.05) is 4.67 Å². The summed E-state index contributed by atoms with van der Waals surface area (Å²) in [6.45, 7) is 0. The quantitative estimate of drug-likeness (QED) is 0.219. The van der Waals surface area contributed by atoms with Crippen molar-refractivity contribution in [3.05, 3.63) is 164 Å². The Morgan fingerprint density at radius 1 is 0.361 bits per heavy atom. The summed E-state index contributed by atoms with van der Waals surface area (Å²) in [7, 11) is -2.42. The van der Waals surface area contributed by atoms with Gasteiger partial charge in [0.15, 0.2) is 0 Å². The van der Waals surface area contributed by atoms with E-state index in [1.165, 1.54) is 38.1 Å². The highest BCUT2D eigenvalue weighted by Crippen LogP contribution is 2.64. The van der Waals surface area contributed by atoms with Crippen molar-refractivity contribution in [1.29, 1.82) is 0 Å². The van der Waals surface area contributed by atoms with E-state index >= 15 is 0 Å². The second kappa shape index (κ2) is 9.82. The molecule has 0 saturated heterocycles. The first-order chi connectivity index (χ1) is 17.9. The third kappa shape index (κ3) is 3.79. The van der Waals surface area contributed by atoms with Gasteiger partial charge in [-0.05, 0) is 60.0 Å². The van der Waals surface area contributed by atoms with Gasteiger partial charge in [-0.1, -0.05) is 109 Å². The molecule has 172 valence electrons. The van der Waals surface area contributed by atoms with Crippen LogP contribution in [-0.2, 0) is 0 Å². The summed E-state index contributed by atoms with van der Waals surface area (Å²) in [5, 5.41) is 6.54. The van der Waals surface area contributed by atoms with Crippen LogP contribution in [0, 0.1) is 0 Å². The highest BCUT2D eigenvalue weighted by atomic mass is 31.2. The van der Waals surface area contributed by atoms with Crippen molar-refractivity contribution >= 4 is 45.5 Å². The molecule has 0 spiro atoms. The van der Waals surface area contributed by atoms with Crippen molar-refractivity contribution < 1.29 is 0 Å². The molecule has 0 heterocycles. The largest absolute Gasteiger partial charge is 0.208 e. The first kappa shape index (κ1) is 22.3. The van der Waals surface area contributed by atoms with Gasteiger partial charge in [0.25, 0.3) is 0 Å². The Morgan fingerprint density at radius 2 is 0.778 bits per heavy atom. The van der Waals surface area contributed by atoms with Crippen molar-refractivity contribution in [3.63, 3.8) is 0 Å². The van der Waals surface area contributed by atoms with E-state index < -0.39 is 7.41 Å². The van der Waals surface area contributed by atoms with Crippen LogP contribution < -0.4 is 20.6 Å². The lowest BCUT2D eigenvalue weighted by Crippen LogP contribution is -2.41. The van der Waals surface area contributed by atoms with Crippen molar-refractivity contribution in [2.45, 2.75) is 0 Å². The molecule has 6 aromatic carbocycles. The predicted octanol–water partition coefficient (Wildman–Crippen LogP) is 7.89. The van der Waals surface area contributed by atoms with E-state index in [0.717, 1.165) is 0 Å². The van der Waals surface area contributed by atoms with E-state index in [9.17, 15) is 0 Å². The Hall–Kier alpha value is -4.19. The number of nitrogens with zero attached hydrogens (tertiary/aromatic N) is 1. The number of hydrogen-bond donors (Lipinski definition) is 0. The van der Waals surface area contributed by atoms with Crippen molar-refractivity contribution in [2.24, 2.45) is 0 Å². The van der Waals surface area contributed by atoms with Crippen molar-refractivity contribution in [1.82, 2.24) is 0 Å². The second-order valence-corrected chi connectivity index (χ2v) is 12.0. The molecule has 6 rings (SSSR count). The number of para-hydroxylation sites is 2. The maximum Gasteiger partial charge on any atom is 0.208 e. The van der Waals surface area contributed by atoms with Crippen LogP contribution in [0.3, 0.4) is 0 Å². The first-order valence-electron chi connectivity index (χ1n) is 12.3. The molecular formula is C34H27NP+. The van der Waals surface area contributed by atoms with Gasteiger partial charge in [-0.2, -0.15) is 0 Å². The molecule has 0 unspecified atom stereocenters. The van der Waals surface area contributed by atoms with E-state index in [1.54, 1.807) is 0 Å². The van der Waals surface area contributed by atoms with Crippen molar-refractivity contribution in [3.8, 4) is 0 Å². The molecule has 0 aliphatic carbocycles. The molecule has 6 aromatic rings. The number of hydrogen-bond acceptors (Lipinski definition) is 1. The molecule has 1 nitrogen and oxygen atoms in total. The summed E-state index contributed by atoms with van der Waals surface area (Å²) < 4.78 is 2.61. The zero-order valence-corrected chi connectivity index (χ0v) is 20.9. The maximum absolute atomic E-state index is 2.61. The fourth-order valence-corrected chi connectivity index (χ4v) is 9.73. The van der Waals surface area contributed by atoms with Gasteiger partial charge >= 0.3 is 0 Å². The number of fused-ring (bicyclic) bond motifs is 1. The van der Waals surface area contributed by atoms with E-state index in [4.69, 9.17) is 0 Å². The monoisotopic (exact) mass is 480 g/mol. The molecule has 2 heteroatoms. The fraction of sp³-hybridized carbons (Fsp3) is 0. The van der Waals surface area contributed by atoms with Crippen LogP contribution in [0.1, 0.15) is 0 Å². The highest BCUT2D eigenvalue weighted by molar-refractivity contribution is 7.97. The molecule has 0 aliphatic rings. The number of anilines is 2. The van der Waals surface area contributed by atoms with Gasteiger partial charge in [-0.3, -0.25) is 0 Å². The number of benzene rings is 6. The molecule has 0 amide bonds. The fourth-order valence-electron chi connectivity index (χ4n) is 5.18. The molecule has 0 bridgehead atoms. The second-order valence-electron chi connectivity index (χ2n) is 8.79. The first-order valence-corrected chi connectivity index (χ1v) is 14.0. The minimum atomic E-state index is -2.42. The van der Waals surface area contributed by atoms with Gasteiger partial charge in [0.05, 0.1) is 11.4 Å². The Morgan fingerprint density at radius 3 is 1.31 bits per heavy atom. The molecule has 0 atom stereocenters. The van der Waals surface area contributed by atoms with E-state index in [0.29, 0.717) is 0 Å². The molecule has 0 saturated carbocycles. The third-order valence-electron chi connectivity index (χ3n) is 6.68. The Kier molecular flexibility index (Phi) is 6.08. The van der Waals surface area contributed by atoms with Gasteiger partial charge in [-0.25, -0.2) is 4.67 Å². The summed E-state index contributed by atoms with van der Waals surface area (Å²) in [5.41, 5.74) is 2.36. The molecular weight excluding hydrogens is 453 g/mol. The summed E-state index contributed by atoms with van der Waals surface area (Å²) in [4.78, 5) is 0. The molecule has 0 N–H and O–H groups in total. The Balaban J connectivity index is 1.83. The van der Waals surface area contributed by atoms with E-state index in [1.807, 2.05) is 0 Å². The zero-order chi connectivity index (χ0) is 24.2. The zero-order valence-electron chi connectivity index (χ0n) is 20.0. The lowest BCUT2D eigenvalue weighted by Gasteiger charge is -2.38. The SMILES string of the molecule is c1ccc(N(c2ccccc2)[P+](c2ccccc2)(c2ccccc2)c2cccc3ccccc23)cc1. The molecule has 0 radical (unpaired) electrons. The van der Waals surface area contributed by atoms with Crippen LogP contribution in [-0.4, -0.2) is 0 Å².